The maximum atomic E-state index is 12.9. The molecule has 0 aromatic heterocycles. The highest BCUT2D eigenvalue weighted by molar-refractivity contribution is 5.19. The minimum Gasteiger partial charge on any atom is -0.372 e. The lowest BCUT2D eigenvalue weighted by molar-refractivity contribution is 0.0383. The number of rotatable bonds is 7. The van der Waals surface area contributed by atoms with Crippen molar-refractivity contribution in [3.05, 3.63) is 35.6 Å². The molecular formula is C15H22FNO. The fourth-order valence-corrected chi connectivity index (χ4v) is 2.29. The summed E-state index contributed by atoms with van der Waals surface area (Å²) in [6.07, 6.45) is 5.27. The van der Waals surface area contributed by atoms with Crippen molar-refractivity contribution < 1.29 is 9.13 Å². The van der Waals surface area contributed by atoms with Gasteiger partial charge in [-0.15, -0.1) is 0 Å². The Labute approximate surface area is 109 Å². The predicted molar refractivity (Wildman–Crippen MR) is 71.0 cm³/mol. The Morgan fingerprint density at radius 1 is 1.33 bits per heavy atom. The van der Waals surface area contributed by atoms with Crippen LogP contribution in [0.1, 0.15) is 37.4 Å². The van der Waals surface area contributed by atoms with Gasteiger partial charge in [0.15, 0.2) is 0 Å². The van der Waals surface area contributed by atoms with Crippen LogP contribution < -0.4 is 5.32 Å². The third kappa shape index (κ3) is 3.79. The molecule has 1 atom stereocenters. The number of halogens is 1. The summed E-state index contributed by atoms with van der Waals surface area (Å²) in [5.41, 5.74) is 1.04. The first-order valence-corrected chi connectivity index (χ1v) is 6.81. The molecule has 3 heteroatoms. The monoisotopic (exact) mass is 251 g/mol. The lowest BCUT2D eigenvalue weighted by Gasteiger charge is -2.26. The summed E-state index contributed by atoms with van der Waals surface area (Å²) < 4.78 is 18.8. The first kappa shape index (κ1) is 13.5. The Bertz CT molecular complexity index is 348. The van der Waals surface area contributed by atoms with Crippen molar-refractivity contribution in [2.45, 2.75) is 31.8 Å². The van der Waals surface area contributed by atoms with Gasteiger partial charge in [0.05, 0.1) is 6.10 Å². The van der Waals surface area contributed by atoms with Crippen LogP contribution in [0, 0.1) is 11.7 Å². The van der Waals surface area contributed by atoms with Crippen LogP contribution in [0.3, 0.4) is 0 Å². The van der Waals surface area contributed by atoms with Crippen molar-refractivity contribution in [1.82, 2.24) is 5.32 Å². The van der Waals surface area contributed by atoms with Crippen molar-refractivity contribution in [2.24, 2.45) is 5.92 Å². The lowest BCUT2D eigenvalue weighted by atomic mass is 9.83. The highest BCUT2D eigenvalue weighted by atomic mass is 19.1. The van der Waals surface area contributed by atoms with Gasteiger partial charge in [-0.25, -0.2) is 4.39 Å². The SMILES string of the molecule is CNCC(OCCC1CCC1)c1ccc(F)cc1. The number of benzene rings is 1. The van der Waals surface area contributed by atoms with Crippen LogP contribution in [0.5, 0.6) is 0 Å². The molecule has 0 saturated heterocycles. The number of hydrogen-bond donors (Lipinski definition) is 1. The van der Waals surface area contributed by atoms with Gasteiger partial charge in [0.25, 0.3) is 0 Å². The van der Waals surface area contributed by atoms with Gasteiger partial charge in [-0.2, -0.15) is 0 Å². The van der Waals surface area contributed by atoms with Gasteiger partial charge < -0.3 is 10.1 Å². The zero-order valence-electron chi connectivity index (χ0n) is 11.0. The van der Waals surface area contributed by atoms with Crippen molar-refractivity contribution in [1.29, 1.82) is 0 Å². The largest absolute Gasteiger partial charge is 0.372 e. The Hall–Kier alpha value is -0.930. The number of likely N-dealkylation sites (N-methyl/N-ethyl adjacent to an activating group) is 1. The molecule has 1 aliphatic rings. The first-order valence-electron chi connectivity index (χ1n) is 6.81. The third-order valence-electron chi connectivity index (χ3n) is 3.70. The van der Waals surface area contributed by atoms with Crippen molar-refractivity contribution in [2.75, 3.05) is 20.2 Å². The average molecular weight is 251 g/mol. The van der Waals surface area contributed by atoms with Gasteiger partial charge in [0.1, 0.15) is 5.82 Å². The molecule has 1 saturated carbocycles. The van der Waals surface area contributed by atoms with E-state index in [2.05, 4.69) is 5.32 Å². The molecule has 0 radical (unpaired) electrons. The van der Waals surface area contributed by atoms with E-state index in [1.165, 1.54) is 31.4 Å². The summed E-state index contributed by atoms with van der Waals surface area (Å²) in [6, 6.07) is 6.60. The summed E-state index contributed by atoms with van der Waals surface area (Å²) in [7, 11) is 1.91. The molecule has 100 valence electrons. The molecule has 0 heterocycles. The Balaban J connectivity index is 1.83. The predicted octanol–water partition coefficient (Wildman–Crippen LogP) is 3.29. The summed E-state index contributed by atoms with van der Waals surface area (Å²) in [5, 5.41) is 3.13. The zero-order valence-corrected chi connectivity index (χ0v) is 11.0. The Morgan fingerprint density at radius 2 is 2.06 bits per heavy atom. The summed E-state index contributed by atoms with van der Waals surface area (Å²) in [5.74, 6) is 0.671. The van der Waals surface area contributed by atoms with Crippen LogP contribution in [0.2, 0.25) is 0 Å². The molecule has 0 bridgehead atoms. The molecule has 1 fully saturated rings. The fraction of sp³-hybridized carbons (Fsp3) is 0.600. The van der Waals surface area contributed by atoms with Crippen LogP contribution in [0.15, 0.2) is 24.3 Å². The maximum absolute atomic E-state index is 12.9. The normalized spacial score (nSPS) is 17.4. The molecule has 0 spiro atoms. The van der Waals surface area contributed by atoms with Crippen LogP contribution in [-0.2, 0) is 4.74 Å². The molecule has 0 aliphatic heterocycles. The molecule has 18 heavy (non-hydrogen) atoms. The third-order valence-corrected chi connectivity index (χ3v) is 3.70. The average Bonchev–Trinajstić information content (AvgIpc) is 2.32. The fourth-order valence-electron chi connectivity index (χ4n) is 2.29. The van der Waals surface area contributed by atoms with E-state index in [0.29, 0.717) is 0 Å². The van der Waals surface area contributed by atoms with Crippen molar-refractivity contribution >= 4 is 0 Å². The van der Waals surface area contributed by atoms with Gasteiger partial charge in [-0.1, -0.05) is 31.4 Å². The van der Waals surface area contributed by atoms with E-state index < -0.39 is 0 Å². The molecule has 1 aliphatic carbocycles. The topological polar surface area (TPSA) is 21.3 Å². The smallest absolute Gasteiger partial charge is 0.123 e. The van der Waals surface area contributed by atoms with Crippen LogP contribution in [0.25, 0.3) is 0 Å². The van der Waals surface area contributed by atoms with Gasteiger partial charge in [0, 0.05) is 13.2 Å². The number of hydrogen-bond acceptors (Lipinski definition) is 2. The van der Waals surface area contributed by atoms with Crippen LogP contribution >= 0.6 is 0 Å². The number of nitrogens with one attached hydrogen (secondary N) is 1. The van der Waals surface area contributed by atoms with E-state index in [1.54, 1.807) is 12.1 Å². The van der Waals surface area contributed by atoms with Gasteiger partial charge >= 0.3 is 0 Å². The van der Waals surface area contributed by atoms with Crippen molar-refractivity contribution in [3.8, 4) is 0 Å². The number of ether oxygens (including phenoxy) is 1. The molecule has 1 aromatic carbocycles. The quantitative estimate of drug-likeness (QED) is 0.803. The molecule has 1 aromatic rings. The lowest BCUT2D eigenvalue weighted by Crippen LogP contribution is -2.21. The molecule has 1 unspecified atom stereocenters. The summed E-state index contributed by atoms with van der Waals surface area (Å²) in [4.78, 5) is 0. The van der Waals surface area contributed by atoms with Crippen LogP contribution in [0.4, 0.5) is 4.39 Å². The summed E-state index contributed by atoms with van der Waals surface area (Å²) >= 11 is 0. The minimum atomic E-state index is -0.198. The van der Waals surface area contributed by atoms with E-state index in [1.807, 2.05) is 7.05 Å². The van der Waals surface area contributed by atoms with E-state index >= 15 is 0 Å². The van der Waals surface area contributed by atoms with E-state index in [0.717, 1.165) is 31.1 Å². The first-order chi connectivity index (χ1) is 8.79. The van der Waals surface area contributed by atoms with E-state index in [4.69, 9.17) is 4.74 Å². The van der Waals surface area contributed by atoms with Gasteiger partial charge in [0.2, 0.25) is 0 Å². The molecular weight excluding hydrogens is 229 g/mol. The maximum Gasteiger partial charge on any atom is 0.123 e. The highest BCUT2D eigenvalue weighted by Gasteiger charge is 2.18. The van der Waals surface area contributed by atoms with Gasteiger partial charge in [-0.3, -0.25) is 0 Å². The van der Waals surface area contributed by atoms with Gasteiger partial charge in [-0.05, 0) is 37.1 Å². The second kappa shape index (κ2) is 6.86. The van der Waals surface area contributed by atoms with Crippen molar-refractivity contribution in [3.63, 3.8) is 0 Å². The molecule has 2 rings (SSSR count). The molecule has 1 N–H and O–H groups in total. The summed E-state index contributed by atoms with van der Waals surface area (Å²) in [6.45, 7) is 1.56. The van der Waals surface area contributed by atoms with E-state index in [9.17, 15) is 4.39 Å². The Morgan fingerprint density at radius 3 is 2.61 bits per heavy atom. The Kier molecular flexibility index (Phi) is 5.14. The standard InChI is InChI=1S/C15H22FNO/c1-17-11-15(13-5-7-14(16)8-6-13)18-10-9-12-3-2-4-12/h5-8,12,15,17H,2-4,9-11H2,1H3. The highest BCUT2D eigenvalue weighted by Crippen LogP contribution is 2.30. The van der Waals surface area contributed by atoms with Crippen LogP contribution in [-0.4, -0.2) is 20.2 Å². The van der Waals surface area contributed by atoms with E-state index in [-0.39, 0.29) is 11.9 Å². The zero-order chi connectivity index (χ0) is 12.8. The second-order valence-electron chi connectivity index (χ2n) is 5.05. The molecule has 0 amide bonds. The second-order valence-corrected chi connectivity index (χ2v) is 5.05. The minimum absolute atomic E-state index is 0.0238. The molecule has 2 nitrogen and oxygen atoms in total.